The molecular formula is C16H21N3O2. The molecule has 112 valence electrons. The Morgan fingerprint density at radius 2 is 2.14 bits per heavy atom. The number of hydrogen-bond donors (Lipinski definition) is 1. The molecule has 1 fully saturated rings. The second kappa shape index (κ2) is 6.72. The summed E-state index contributed by atoms with van der Waals surface area (Å²) in [7, 11) is 0. The molecule has 1 N–H and O–H groups in total. The number of nitrogens with one attached hydrogen (secondary N) is 1. The van der Waals surface area contributed by atoms with Crippen molar-refractivity contribution in [3.8, 4) is 0 Å². The number of rotatable bonds is 3. The Kier molecular flexibility index (Phi) is 4.50. The lowest BCUT2D eigenvalue weighted by Crippen LogP contribution is -2.36. The fraction of sp³-hybridized carbons (Fsp3) is 0.500. The quantitative estimate of drug-likeness (QED) is 0.866. The summed E-state index contributed by atoms with van der Waals surface area (Å²) in [6, 6.07) is 3.88. The molecule has 3 rings (SSSR count). The van der Waals surface area contributed by atoms with Crippen molar-refractivity contribution in [2.75, 3.05) is 36.5 Å². The molecule has 1 aromatic rings. The van der Waals surface area contributed by atoms with E-state index in [1.54, 1.807) is 0 Å². The van der Waals surface area contributed by atoms with Gasteiger partial charge in [0, 0.05) is 19.0 Å². The van der Waals surface area contributed by atoms with E-state index in [9.17, 15) is 4.79 Å². The van der Waals surface area contributed by atoms with E-state index in [2.05, 4.69) is 27.4 Å². The van der Waals surface area contributed by atoms with Crippen molar-refractivity contribution in [1.82, 2.24) is 4.98 Å². The highest BCUT2D eigenvalue weighted by Gasteiger charge is 2.19. The van der Waals surface area contributed by atoms with E-state index in [-0.39, 0.29) is 11.8 Å². The highest BCUT2D eigenvalue weighted by atomic mass is 16.5. The first-order valence-corrected chi connectivity index (χ1v) is 7.57. The summed E-state index contributed by atoms with van der Waals surface area (Å²) >= 11 is 0. The summed E-state index contributed by atoms with van der Waals surface area (Å²) in [4.78, 5) is 18.7. The molecule has 1 atom stereocenters. The molecule has 1 aliphatic heterocycles. The molecule has 0 spiro atoms. The minimum absolute atomic E-state index is 0.0750. The van der Waals surface area contributed by atoms with Gasteiger partial charge in [0.05, 0.1) is 25.1 Å². The zero-order valence-corrected chi connectivity index (χ0v) is 12.1. The molecule has 21 heavy (non-hydrogen) atoms. The molecule has 1 aliphatic carbocycles. The van der Waals surface area contributed by atoms with Crippen LogP contribution in [0.5, 0.6) is 0 Å². The number of carbonyl (C=O) groups is 1. The van der Waals surface area contributed by atoms with Crippen molar-refractivity contribution in [2.45, 2.75) is 19.3 Å². The number of aromatic nitrogens is 1. The van der Waals surface area contributed by atoms with Crippen LogP contribution in [-0.2, 0) is 9.53 Å². The molecule has 0 aromatic carbocycles. The van der Waals surface area contributed by atoms with E-state index in [1.807, 2.05) is 18.3 Å². The monoisotopic (exact) mass is 287 g/mol. The zero-order valence-electron chi connectivity index (χ0n) is 12.1. The van der Waals surface area contributed by atoms with E-state index < -0.39 is 0 Å². The Hall–Kier alpha value is -1.88. The van der Waals surface area contributed by atoms with Crippen LogP contribution >= 0.6 is 0 Å². The summed E-state index contributed by atoms with van der Waals surface area (Å²) < 4.78 is 5.34. The third kappa shape index (κ3) is 3.61. The summed E-state index contributed by atoms with van der Waals surface area (Å²) in [5.41, 5.74) is 1.08. The fourth-order valence-corrected chi connectivity index (χ4v) is 2.73. The predicted molar refractivity (Wildman–Crippen MR) is 82.4 cm³/mol. The van der Waals surface area contributed by atoms with Gasteiger partial charge < -0.3 is 15.0 Å². The minimum atomic E-state index is 0.0750. The van der Waals surface area contributed by atoms with Gasteiger partial charge in [-0.05, 0) is 31.4 Å². The molecule has 0 radical (unpaired) electrons. The van der Waals surface area contributed by atoms with Gasteiger partial charge in [0.1, 0.15) is 5.82 Å². The van der Waals surface area contributed by atoms with E-state index in [0.29, 0.717) is 5.82 Å². The number of amides is 1. The van der Waals surface area contributed by atoms with Gasteiger partial charge in [-0.1, -0.05) is 12.2 Å². The number of pyridine rings is 1. The van der Waals surface area contributed by atoms with Crippen LogP contribution in [0.25, 0.3) is 0 Å². The van der Waals surface area contributed by atoms with Crippen molar-refractivity contribution in [3.63, 3.8) is 0 Å². The molecule has 1 amide bonds. The van der Waals surface area contributed by atoms with E-state index in [1.165, 1.54) is 0 Å². The van der Waals surface area contributed by atoms with E-state index in [0.717, 1.165) is 51.3 Å². The van der Waals surface area contributed by atoms with Gasteiger partial charge in [0.25, 0.3) is 0 Å². The van der Waals surface area contributed by atoms with Crippen LogP contribution in [-0.4, -0.2) is 37.2 Å². The van der Waals surface area contributed by atoms with Crippen LogP contribution in [0.2, 0.25) is 0 Å². The van der Waals surface area contributed by atoms with E-state index >= 15 is 0 Å². The standard InChI is InChI=1S/C16H21N3O2/c20-16(13-4-2-1-3-5-13)18-15-7-6-14(12-17-15)19-8-10-21-11-9-19/h1-2,6-7,12-13H,3-5,8-11H2,(H,17,18,20)/t13-/m1/s1. The average molecular weight is 287 g/mol. The first-order chi connectivity index (χ1) is 10.3. The lowest BCUT2D eigenvalue weighted by Gasteiger charge is -2.28. The SMILES string of the molecule is O=C(Nc1ccc(N2CCOCC2)cn1)[C@@H]1CC=CCC1. The van der Waals surface area contributed by atoms with Crippen LogP contribution in [0, 0.1) is 5.92 Å². The second-order valence-electron chi connectivity index (χ2n) is 5.47. The highest BCUT2D eigenvalue weighted by Crippen LogP contribution is 2.21. The topological polar surface area (TPSA) is 54.5 Å². The summed E-state index contributed by atoms with van der Waals surface area (Å²) in [6.45, 7) is 3.30. The Labute approximate surface area is 125 Å². The molecule has 5 nitrogen and oxygen atoms in total. The van der Waals surface area contributed by atoms with Crippen LogP contribution < -0.4 is 10.2 Å². The normalized spacial score (nSPS) is 22.1. The van der Waals surface area contributed by atoms with Gasteiger partial charge in [-0.15, -0.1) is 0 Å². The number of allylic oxidation sites excluding steroid dienone is 2. The first-order valence-electron chi connectivity index (χ1n) is 7.57. The van der Waals surface area contributed by atoms with Crippen LogP contribution in [0.4, 0.5) is 11.5 Å². The van der Waals surface area contributed by atoms with Crippen LogP contribution in [0.15, 0.2) is 30.5 Å². The predicted octanol–water partition coefficient (Wildman–Crippen LogP) is 2.21. The van der Waals surface area contributed by atoms with Crippen LogP contribution in [0.3, 0.4) is 0 Å². The number of carbonyl (C=O) groups excluding carboxylic acids is 1. The molecule has 2 aliphatic rings. The number of anilines is 2. The molecular weight excluding hydrogens is 266 g/mol. The van der Waals surface area contributed by atoms with Crippen molar-refractivity contribution < 1.29 is 9.53 Å². The van der Waals surface area contributed by atoms with E-state index in [4.69, 9.17) is 4.74 Å². The number of ether oxygens (including phenoxy) is 1. The Bertz CT molecular complexity index is 507. The maximum absolute atomic E-state index is 12.1. The van der Waals surface area contributed by atoms with Gasteiger partial charge in [0.2, 0.25) is 5.91 Å². The maximum Gasteiger partial charge on any atom is 0.228 e. The molecule has 0 unspecified atom stereocenters. The summed E-state index contributed by atoms with van der Waals surface area (Å²) in [6.07, 6.45) is 8.79. The Balaban J connectivity index is 1.58. The second-order valence-corrected chi connectivity index (χ2v) is 5.47. The molecule has 0 bridgehead atoms. The Morgan fingerprint density at radius 3 is 2.81 bits per heavy atom. The molecule has 1 saturated heterocycles. The van der Waals surface area contributed by atoms with Crippen molar-refractivity contribution >= 4 is 17.4 Å². The van der Waals surface area contributed by atoms with Gasteiger partial charge >= 0.3 is 0 Å². The average Bonchev–Trinajstić information content (AvgIpc) is 2.57. The fourth-order valence-electron chi connectivity index (χ4n) is 2.73. The van der Waals surface area contributed by atoms with Gasteiger partial charge in [-0.2, -0.15) is 0 Å². The third-order valence-electron chi connectivity index (χ3n) is 4.02. The largest absolute Gasteiger partial charge is 0.378 e. The van der Waals surface area contributed by atoms with Crippen molar-refractivity contribution in [1.29, 1.82) is 0 Å². The van der Waals surface area contributed by atoms with Gasteiger partial charge in [-0.25, -0.2) is 4.98 Å². The van der Waals surface area contributed by atoms with Gasteiger partial charge in [0.15, 0.2) is 0 Å². The molecule has 2 heterocycles. The number of nitrogens with zero attached hydrogens (tertiary/aromatic N) is 2. The maximum atomic E-state index is 12.1. The lowest BCUT2D eigenvalue weighted by molar-refractivity contribution is -0.120. The van der Waals surface area contributed by atoms with Crippen molar-refractivity contribution in [3.05, 3.63) is 30.5 Å². The minimum Gasteiger partial charge on any atom is -0.378 e. The molecule has 5 heteroatoms. The van der Waals surface area contributed by atoms with Gasteiger partial charge in [-0.3, -0.25) is 4.79 Å². The zero-order chi connectivity index (χ0) is 14.5. The van der Waals surface area contributed by atoms with Crippen molar-refractivity contribution in [2.24, 2.45) is 5.92 Å². The highest BCUT2D eigenvalue weighted by molar-refractivity contribution is 5.91. The smallest absolute Gasteiger partial charge is 0.228 e. The molecule has 1 aromatic heterocycles. The summed E-state index contributed by atoms with van der Waals surface area (Å²) in [5.74, 6) is 0.785. The number of hydrogen-bond acceptors (Lipinski definition) is 4. The molecule has 0 saturated carbocycles. The Morgan fingerprint density at radius 1 is 1.29 bits per heavy atom. The summed E-state index contributed by atoms with van der Waals surface area (Å²) in [5, 5.41) is 2.91. The lowest BCUT2D eigenvalue weighted by atomic mass is 9.94. The third-order valence-corrected chi connectivity index (χ3v) is 4.02. The van der Waals surface area contributed by atoms with Crippen LogP contribution in [0.1, 0.15) is 19.3 Å². The number of morpholine rings is 1. The first kappa shape index (κ1) is 14.1.